The number of hydrogen-bond donors (Lipinski definition) is 2. The Balaban J connectivity index is 1.41. The first-order valence-corrected chi connectivity index (χ1v) is 9.42. The molecule has 0 aliphatic carbocycles. The summed E-state index contributed by atoms with van der Waals surface area (Å²) < 4.78 is 1.79. The monoisotopic (exact) mass is 364 g/mol. The summed E-state index contributed by atoms with van der Waals surface area (Å²) in [6.45, 7) is 5.31. The molecule has 1 aliphatic rings. The molecule has 0 atom stereocenters. The number of rotatable bonds is 5. The molecule has 7 heteroatoms. The molecule has 4 rings (SSSR count). The number of nitrogens with zero attached hydrogens (tertiary/aromatic N) is 4. The average Bonchev–Trinajstić information content (AvgIpc) is 3.39. The van der Waals surface area contributed by atoms with Gasteiger partial charge in [0, 0.05) is 31.5 Å². The fraction of sp³-hybridized carbons (Fsp3) is 0.350. The zero-order valence-corrected chi connectivity index (χ0v) is 15.4. The minimum Gasteiger partial charge on any atom is -0.348 e. The van der Waals surface area contributed by atoms with Crippen LogP contribution in [-0.4, -0.2) is 56.2 Å². The average molecular weight is 364 g/mol. The molecular weight excluding hydrogens is 340 g/mol. The molecule has 1 fully saturated rings. The molecule has 1 aliphatic heterocycles. The largest absolute Gasteiger partial charge is 0.348 e. The summed E-state index contributed by atoms with van der Waals surface area (Å²) in [5, 5.41) is 7.48. The lowest BCUT2D eigenvalue weighted by molar-refractivity contribution is 0.0908. The fourth-order valence-electron chi connectivity index (χ4n) is 3.41. The van der Waals surface area contributed by atoms with Gasteiger partial charge in [-0.1, -0.05) is 25.1 Å². The second-order valence-corrected chi connectivity index (χ2v) is 6.83. The summed E-state index contributed by atoms with van der Waals surface area (Å²) in [6.07, 6.45) is 7.28. The first-order valence-electron chi connectivity index (χ1n) is 9.42. The standard InChI is InChI=1S/C20H24N6O/c1-2-25-10-8-16(9-11-25)23-20(27)18-13-21-19(24-18)15-12-22-26(14-15)17-6-4-3-5-7-17/h3-7,12-14,16H,2,8-11H2,1H3,(H,21,24)(H,23,27). The molecule has 1 amide bonds. The van der Waals surface area contributed by atoms with Crippen molar-refractivity contribution < 1.29 is 4.79 Å². The molecule has 27 heavy (non-hydrogen) atoms. The van der Waals surface area contributed by atoms with Crippen LogP contribution < -0.4 is 5.32 Å². The Labute approximate surface area is 158 Å². The fourth-order valence-corrected chi connectivity index (χ4v) is 3.41. The quantitative estimate of drug-likeness (QED) is 0.729. The van der Waals surface area contributed by atoms with Gasteiger partial charge in [0.1, 0.15) is 11.5 Å². The first kappa shape index (κ1) is 17.5. The maximum Gasteiger partial charge on any atom is 0.271 e. The van der Waals surface area contributed by atoms with Crippen molar-refractivity contribution in [2.45, 2.75) is 25.8 Å². The third-order valence-corrected chi connectivity index (χ3v) is 5.06. The number of carbonyl (C=O) groups excluding carboxylic acids is 1. The maximum atomic E-state index is 12.5. The van der Waals surface area contributed by atoms with E-state index in [1.54, 1.807) is 17.1 Å². The number of piperidine rings is 1. The van der Waals surface area contributed by atoms with Crippen molar-refractivity contribution in [2.24, 2.45) is 0 Å². The van der Waals surface area contributed by atoms with Crippen molar-refractivity contribution in [1.82, 2.24) is 30.0 Å². The van der Waals surface area contributed by atoms with Gasteiger partial charge in [-0.25, -0.2) is 9.67 Å². The van der Waals surface area contributed by atoms with Crippen molar-refractivity contribution in [1.29, 1.82) is 0 Å². The number of likely N-dealkylation sites (tertiary alicyclic amines) is 1. The van der Waals surface area contributed by atoms with Crippen LogP contribution in [0.25, 0.3) is 17.1 Å². The van der Waals surface area contributed by atoms with Crippen molar-refractivity contribution in [3.8, 4) is 17.1 Å². The highest BCUT2D eigenvalue weighted by atomic mass is 16.2. The Kier molecular flexibility index (Phi) is 5.02. The summed E-state index contributed by atoms with van der Waals surface area (Å²) in [7, 11) is 0. The number of para-hydroxylation sites is 1. The van der Waals surface area contributed by atoms with E-state index in [-0.39, 0.29) is 11.9 Å². The third kappa shape index (κ3) is 3.93. The zero-order valence-electron chi connectivity index (χ0n) is 15.4. The van der Waals surface area contributed by atoms with Gasteiger partial charge in [-0.05, 0) is 31.5 Å². The molecule has 7 nitrogen and oxygen atoms in total. The van der Waals surface area contributed by atoms with Crippen LogP contribution in [0.2, 0.25) is 0 Å². The smallest absolute Gasteiger partial charge is 0.271 e. The van der Waals surface area contributed by atoms with Gasteiger partial charge < -0.3 is 15.2 Å². The molecule has 3 heterocycles. The Morgan fingerprint density at radius 1 is 1.26 bits per heavy atom. The summed E-state index contributed by atoms with van der Waals surface area (Å²) in [5.74, 6) is 0.519. The van der Waals surface area contributed by atoms with Gasteiger partial charge in [0.15, 0.2) is 0 Å². The van der Waals surface area contributed by atoms with Crippen LogP contribution in [0.4, 0.5) is 0 Å². The number of aromatic amines is 1. The van der Waals surface area contributed by atoms with Crippen LogP contribution in [0.15, 0.2) is 48.9 Å². The topological polar surface area (TPSA) is 78.8 Å². The number of H-pyrrole nitrogens is 1. The lowest BCUT2D eigenvalue weighted by atomic mass is 10.1. The molecule has 2 N–H and O–H groups in total. The predicted molar refractivity (Wildman–Crippen MR) is 104 cm³/mol. The molecule has 1 saturated heterocycles. The summed E-state index contributed by atoms with van der Waals surface area (Å²) in [6, 6.07) is 10.1. The molecule has 0 unspecified atom stereocenters. The third-order valence-electron chi connectivity index (χ3n) is 5.06. The normalized spacial score (nSPS) is 15.7. The molecule has 0 saturated carbocycles. The summed E-state index contributed by atoms with van der Waals surface area (Å²) in [4.78, 5) is 22.5. The van der Waals surface area contributed by atoms with Crippen LogP contribution >= 0.6 is 0 Å². The van der Waals surface area contributed by atoms with Crippen LogP contribution in [0, 0.1) is 0 Å². The van der Waals surface area contributed by atoms with E-state index < -0.39 is 0 Å². The first-order chi connectivity index (χ1) is 13.2. The number of aromatic nitrogens is 4. The highest BCUT2D eigenvalue weighted by Gasteiger charge is 2.21. The minimum absolute atomic E-state index is 0.122. The zero-order chi connectivity index (χ0) is 18.6. The Morgan fingerprint density at radius 2 is 2.04 bits per heavy atom. The Hall–Kier alpha value is -2.93. The molecule has 0 bridgehead atoms. The minimum atomic E-state index is -0.122. The lowest BCUT2D eigenvalue weighted by Gasteiger charge is -2.31. The van der Waals surface area contributed by atoms with Gasteiger partial charge in [0.25, 0.3) is 5.91 Å². The molecule has 140 valence electrons. The molecular formula is C20H24N6O. The van der Waals surface area contributed by atoms with Gasteiger partial charge in [-0.15, -0.1) is 0 Å². The SMILES string of the molecule is CCN1CCC(NC(=O)c2c[nH]c(-c3cnn(-c4ccccc4)c3)n2)CC1. The number of hydrogen-bond acceptors (Lipinski definition) is 4. The molecule has 0 spiro atoms. The maximum absolute atomic E-state index is 12.5. The van der Waals surface area contributed by atoms with E-state index in [1.807, 2.05) is 36.5 Å². The Morgan fingerprint density at radius 3 is 2.78 bits per heavy atom. The number of amides is 1. The second-order valence-electron chi connectivity index (χ2n) is 6.83. The number of imidazole rings is 1. The van der Waals surface area contributed by atoms with Crippen molar-refractivity contribution in [3.05, 3.63) is 54.6 Å². The van der Waals surface area contributed by atoms with Gasteiger partial charge in [-0.2, -0.15) is 5.10 Å². The highest BCUT2D eigenvalue weighted by molar-refractivity contribution is 5.92. The van der Waals surface area contributed by atoms with Crippen LogP contribution in [0.3, 0.4) is 0 Å². The van der Waals surface area contributed by atoms with Crippen LogP contribution in [-0.2, 0) is 0 Å². The predicted octanol–water partition coefficient (Wildman–Crippen LogP) is 2.48. The van der Waals surface area contributed by atoms with Crippen molar-refractivity contribution in [3.63, 3.8) is 0 Å². The van der Waals surface area contributed by atoms with E-state index >= 15 is 0 Å². The summed E-state index contributed by atoms with van der Waals surface area (Å²) >= 11 is 0. The summed E-state index contributed by atoms with van der Waals surface area (Å²) in [5.41, 5.74) is 2.23. The number of carbonyl (C=O) groups is 1. The number of nitrogens with one attached hydrogen (secondary N) is 2. The lowest BCUT2D eigenvalue weighted by Crippen LogP contribution is -2.44. The molecule has 3 aromatic rings. The van der Waals surface area contributed by atoms with E-state index in [1.165, 1.54) is 0 Å². The molecule has 1 aromatic carbocycles. The van der Waals surface area contributed by atoms with Crippen molar-refractivity contribution in [2.75, 3.05) is 19.6 Å². The van der Waals surface area contributed by atoms with E-state index in [2.05, 4.69) is 32.2 Å². The van der Waals surface area contributed by atoms with Gasteiger partial charge in [-0.3, -0.25) is 4.79 Å². The van der Waals surface area contributed by atoms with Crippen LogP contribution in [0.1, 0.15) is 30.3 Å². The molecule has 0 radical (unpaired) electrons. The molecule has 2 aromatic heterocycles. The van der Waals surface area contributed by atoms with E-state index in [4.69, 9.17) is 0 Å². The van der Waals surface area contributed by atoms with Gasteiger partial charge in [0.05, 0.1) is 17.4 Å². The second kappa shape index (κ2) is 7.75. The Bertz CT molecular complexity index is 892. The van der Waals surface area contributed by atoms with E-state index in [9.17, 15) is 4.79 Å². The van der Waals surface area contributed by atoms with Crippen molar-refractivity contribution >= 4 is 5.91 Å². The number of benzene rings is 1. The van der Waals surface area contributed by atoms with Crippen LogP contribution in [0.5, 0.6) is 0 Å². The highest BCUT2D eigenvalue weighted by Crippen LogP contribution is 2.17. The van der Waals surface area contributed by atoms with E-state index in [0.717, 1.165) is 43.7 Å². The van der Waals surface area contributed by atoms with Gasteiger partial charge >= 0.3 is 0 Å². The van der Waals surface area contributed by atoms with Gasteiger partial charge in [0.2, 0.25) is 0 Å². The van der Waals surface area contributed by atoms with E-state index in [0.29, 0.717) is 11.5 Å².